The second kappa shape index (κ2) is 10.4. The standard InChI is InChI=1S/C21H27N5O5/c1-12-15(5-3-13-4-6-17(31-2)23-10-13)20(26-21(24-12)22-7-8-27)25-16-9-14(11-28)18(29)19(16)30/h4,6,10,14,16,18-19,27-30H,7-9,11H2,1-2H3,(H2,22,24,25,26)/t14-,16-,18-,19+/m1/s1. The number of hydrogen-bond donors (Lipinski definition) is 6. The molecule has 0 aliphatic heterocycles. The zero-order valence-electron chi connectivity index (χ0n) is 17.4. The summed E-state index contributed by atoms with van der Waals surface area (Å²) in [4.78, 5) is 13.0. The van der Waals surface area contributed by atoms with Gasteiger partial charge in [0.1, 0.15) is 11.9 Å². The van der Waals surface area contributed by atoms with Gasteiger partial charge in [-0.1, -0.05) is 11.8 Å². The maximum absolute atomic E-state index is 10.4. The minimum absolute atomic E-state index is 0.0804. The Hall–Kier alpha value is -2.97. The number of hydrogen-bond acceptors (Lipinski definition) is 10. The first-order chi connectivity index (χ1) is 15.0. The van der Waals surface area contributed by atoms with Crippen molar-refractivity contribution in [3.63, 3.8) is 0 Å². The zero-order valence-corrected chi connectivity index (χ0v) is 17.4. The van der Waals surface area contributed by atoms with Gasteiger partial charge in [0.25, 0.3) is 0 Å². The van der Waals surface area contributed by atoms with Gasteiger partial charge < -0.3 is 35.8 Å². The highest BCUT2D eigenvalue weighted by atomic mass is 16.5. The van der Waals surface area contributed by atoms with Gasteiger partial charge in [-0.25, -0.2) is 9.97 Å². The highest BCUT2D eigenvalue weighted by molar-refractivity contribution is 5.60. The van der Waals surface area contributed by atoms with Gasteiger partial charge in [-0.15, -0.1) is 0 Å². The number of methoxy groups -OCH3 is 1. The number of nitrogens with zero attached hydrogens (tertiary/aromatic N) is 3. The number of pyridine rings is 1. The molecule has 1 aliphatic rings. The monoisotopic (exact) mass is 429 g/mol. The molecule has 0 spiro atoms. The van der Waals surface area contributed by atoms with E-state index in [4.69, 9.17) is 9.84 Å². The fraction of sp³-hybridized carbons (Fsp3) is 0.476. The fourth-order valence-electron chi connectivity index (χ4n) is 3.41. The number of anilines is 2. The molecule has 0 saturated heterocycles. The van der Waals surface area contributed by atoms with Crippen LogP contribution in [0.25, 0.3) is 0 Å². The van der Waals surface area contributed by atoms with E-state index in [1.165, 1.54) is 7.11 Å². The van der Waals surface area contributed by atoms with Crippen molar-refractivity contribution < 1.29 is 25.2 Å². The Kier molecular flexibility index (Phi) is 7.59. The molecule has 0 amide bonds. The van der Waals surface area contributed by atoms with Crippen LogP contribution in [0.4, 0.5) is 11.8 Å². The summed E-state index contributed by atoms with van der Waals surface area (Å²) in [5, 5.41) is 45.1. The predicted octanol–water partition coefficient (Wildman–Crippen LogP) is -0.493. The zero-order chi connectivity index (χ0) is 22.4. The van der Waals surface area contributed by atoms with E-state index >= 15 is 0 Å². The summed E-state index contributed by atoms with van der Waals surface area (Å²) in [5.41, 5.74) is 1.79. The lowest BCUT2D eigenvalue weighted by atomic mass is 10.1. The predicted molar refractivity (Wildman–Crippen MR) is 114 cm³/mol. The number of aromatic nitrogens is 3. The van der Waals surface area contributed by atoms with Crippen LogP contribution in [0.1, 0.15) is 23.2 Å². The van der Waals surface area contributed by atoms with Crippen molar-refractivity contribution in [3.05, 3.63) is 35.2 Å². The average Bonchev–Trinajstić information content (AvgIpc) is 3.05. The maximum atomic E-state index is 10.4. The third-order valence-corrected chi connectivity index (χ3v) is 5.12. The Morgan fingerprint density at radius 3 is 2.58 bits per heavy atom. The Labute approximate surface area is 180 Å². The topological polar surface area (TPSA) is 153 Å². The molecule has 0 radical (unpaired) electrons. The molecule has 10 heteroatoms. The van der Waals surface area contributed by atoms with Crippen molar-refractivity contribution in [1.82, 2.24) is 15.0 Å². The highest BCUT2D eigenvalue weighted by Crippen LogP contribution is 2.30. The van der Waals surface area contributed by atoms with Gasteiger partial charge in [0.15, 0.2) is 0 Å². The number of rotatable bonds is 7. The first-order valence-corrected chi connectivity index (χ1v) is 9.95. The van der Waals surface area contributed by atoms with Crippen molar-refractivity contribution >= 4 is 11.8 Å². The molecule has 0 aromatic carbocycles. The average molecular weight is 429 g/mol. The molecule has 0 unspecified atom stereocenters. The van der Waals surface area contributed by atoms with Crippen LogP contribution in [0.15, 0.2) is 18.3 Å². The highest BCUT2D eigenvalue weighted by Gasteiger charge is 2.41. The van der Waals surface area contributed by atoms with Gasteiger partial charge in [-0.2, -0.15) is 4.98 Å². The molecule has 10 nitrogen and oxygen atoms in total. The summed E-state index contributed by atoms with van der Waals surface area (Å²) in [6.07, 6.45) is -0.128. The third kappa shape index (κ3) is 5.39. The largest absolute Gasteiger partial charge is 0.481 e. The number of aliphatic hydroxyl groups is 4. The van der Waals surface area contributed by atoms with Crippen molar-refractivity contribution in [3.8, 4) is 17.7 Å². The van der Waals surface area contributed by atoms with E-state index in [1.807, 2.05) is 0 Å². The quantitative estimate of drug-likeness (QED) is 0.318. The van der Waals surface area contributed by atoms with Crippen molar-refractivity contribution in [1.29, 1.82) is 0 Å². The van der Waals surface area contributed by atoms with Gasteiger partial charge in [-0.05, 0) is 19.4 Å². The summed E-state index contributed by atoms with van der Waals surface area (Å²) in [6.45, 7) is 1.76. The Balaban J connectivity index is 1.93. The van der Waals surface area contributed by atoms with E-state index in [-0.39, 0.29) is 19.8 Å². The number of aryl methyl sites for hydroxylation is 1. The van der Waals surface area contributed by atoms with Crippen LogP contribution >= 0.6 is 0 Å². The van der Waals surface area contributed by atoms with E-state index in [1.54, 1.807) is 25.3 Å². The molecule has 6 N–H and O–H groups in total. The third-order valence-electron chi connectivity index (χ3n) is 5.12. The molecule has 166 valence electrons. The van der Waals surface area contributed by atoms with Gasteiger partial charge >= 0.3 is 0 Å². The molecule has 1 saturated carbocycles. The van der Waals surface area contributed by atoms with Gasteiger partial charge in [0.05, 0.1) is 37.1 Å². The number of nitrogens with one attached hydrogen (secondary N) is 2. The van der Waals surface area contributed by atoms with Crippen molar-refractivity contribution in [2.45, 2.75) is 31.6 Å². The van der Waals surface area contributed by atoms with Crippen LogP contribution in [0.2, 0.25) is 0 Å². The minimum atomic E-state index is -1.06. The molecule has 2 aromatic heterocycles. The molecule has 3 rings (SSSR count). The van der Waals surface area contributed by atoms with Crippen molar-refractivity contribution in [2.24, 2.45) is 5.92 Å². The van der Waals surface area contributed by atoms with Crippen LogP contribution in [-0.2, 0) is 0 Å². The van der Waals surface area contributed by atoms with Crippen molar-refractivity contribution in [2.75, 3.05) is 37.5 Å². The van der Waals surface area contributed by atoms with Crippen LogP contribution in [0.3, 0.4) is 0 Å². The maximum Gasteiger partial charge on any atom is 0.225 e. The summed E-state index contributed by atoms with van der Waals surface area (Å²) in [6, 6.07) is 2.97. The second-order valence-corrected chi connectivity index (χ2v) is 7.26. The molecular weight excluding hydrogens is 402 g/mol. The first-order valence-electron chi connectivity index (χ1n) is 9.95. The van der Waals surface area contributed by atoms with E-state index in [0.29, 0.717) is 40.9 Å². The smallest absolute Gasteiger partial charge is 0.225 e. The fourth-order valence-corrected chi connectivity index (χ4v) is 3.41. The van der Waals surface area contributed by atoms with Gasteiger partial charge in [0, 0.05) is 36.9 Å². The lowest BCUT2D eigenvalue weighted by Gasteiger charge is -2.20. The minimum Gasteiger partial charge on any atom is -0.481 e. The molecule has 1 fully saturated rings. The van der Waals surface area contributed by atoms with E-state index in [9.17, 15) is 15.3 Å². The first kappa shape index (κ1) is 22.7. The Bertz CT molecular complexity index is 944. The SMILES string of the molecule is COc1ccc(C#Cc2c(C)nc(NCCO)nc2N[C@@H]2C[C@H](CO)[C@@H](O)[C@H]2O)cn1. The summed E-state index contributed by atoms with van der Waals surface area (Å²) < 4.78 is 5.05. The normalized spacial score (nSPS) is 22.5. The Morgan fingerprint density at radius 1 is 1.16 bits per heavy atom. The number of aliphatic hydroxyl groups excluding tert-OH is 4. The van der Waals surface area contributed by atoms with Crippen LogP contribution in [-0.4, -0.2) is 80.5 Å². The van der Waals surface area contributed by atoms with Crippen LogP contribution in [0, 0.1) is 24.7 Å². The van der Waals surface area contributed by atoms with E-state index in [2.05, 4.69) is 37.4 Å². The van der Waals surface area contributed by atoms with Crippen LogP contribution in [0.5, 0.6) is 5.88 Å². The number of ether oxygens (including phenoxy) is 1. The summed E-state index contributed by atoms with van der Waals surface area (Å²) in [5.74, 6) is 6.82. The molecule has 2 heterocycles. The van der Waals surface area contributed by atoms with Gasteiger partial charge in [0.2, 0.25) is 11.8 Å². The van der Waals surface area contributed by atoms with Gasteiger partial charge in [-0.3, -0.25) is 0 Å². The summed E-state index contributed by atoms with van der Waals surface area (Å²) in [7, 11) is 1.54. The molecule has 1 aliphatic carbocycles. The molecule has 4 atom stereocenters. The van der Waals surface area contributed by atoms with E-state index < -0.39 is 24.2 Å². The summed E-state index contributed by atoms with van der Waals surface area (Å²) >= 11 is 0. The Morgan fingerprint density at radius 2 is 1.97 bits per heavy atom. The second-order valence-electron chi connectivity index (χ2n) is 7.26. The molecular formula is C21H27N5O5. The lowest BCUT2D eigenvalue weighted by Crippen LogP contribution is -2.36. The van der Waals surface area contributed by atoms with E-state index in [0.717, 1.165) is 0 Å². The molecule has 2 aromatic rings. The molecule has 0 bridgehead atoms. The van der Waals surface area contributed by atoms with Crippen LogP contribution < -0.4 is 15.4 Å². The lowest BCUT2D eigenvalue weighted by molar-refractivity contribution is 0.00445. The molecule has 31 heavy (non-hydrogen) atoms.